The number of piperazine rings is 1. The van der Waals surface area contributed by atoms with Crippen LogP contribution in [0.1, 0.15) is 24.2 Å². The number of urea groups is 1. The van der Waals surface area contributed by atoms with Crippen molar-refractivity contribution in [1.29, 1.82) is 0 Å². The first-order chi connectivity index (χ1) is 16.4. The molecule has 180 valence electrons. The SMILES string of the molecule is C=CCN(CC(=O)Nc1ccc(N2CCN(C(=O)NC(C)C)CC2)cc1)C(=O)c1ccccc1. The van der Waals surface area contributed by atoms with Gasteiger partial charge in [0.2, 0.25) is 5.91 Å². The van der Waals surface area contributed by atoms with Gasteiger partial charge < -0.3 is 25.3 Å². The van der Waals surface area contributed by atoms with Crippen LogP contribution in [-0.2, 0) is 4.79 Å². The van der Waals surface area contributed by atoms with Crippen LogP contribution in [0.2, 0.25) is 0 Å². The molecular weight excluding hydrogens is 430 g/mol. The summed E-state index contributed by atoms with van der Waals surface area (Å²) < 4.78 is 0. The van der Waals surface area contributed by atoms with Crippen molar-refractivity contribution in [2.75, 3.05) is 49.5 Å². The van der Waals surface area contributed by atoms with Gasteiger partial charge >= 0.3 is 6.03 Å². The van der Waals surface area contributed by atoms with Crippen LogP contribution in [0.4, 0.5) is 16.2 Å². The molecule has 0 aromatic heterocycles. The van der Waals surface area contributed by atoms with Gasteiger partial charge in [0.1, 0.15) is 6.54 Å². The van der Waals surface area contributed by atoms with Gasteiger partial charge in [-0.2, -0.15) is 0 Å². The normalized spacial score (nSPS) is 13.4. The van der Waals surface area contributed by atoms with Gasteiger partial charge in [0.05, 0.1) is 0 Å². The van der Waals surface area contributed by atoms with Crippen LogP contribution in [0.25, 0.3) is 0 Å². The molecule has 2 aromatic rings. The number of amides is 4. The minimum absolute atomic E-state index is 0.0241. The lowest BCUT2D eigenvalue weighted by Gasteiger charge is -2.36. The summed E-state index contributed by atoms with van der Waals surface area (Å²) in [4.78, 5) is 43.0. The first kappa shape index (κ1) is 24.8. The maximum absolute atomic E-state index is 12.7. The Morgan fingerprint density at radius 2 is 1.65 bits per heavy atom. The van der Waals surface area contributed by atoms with Crippen LogP contribution >= 0.6 is 0 Å². The predicted octanol–water partition coefficient (Wildman–Crippen LogP) is 3.19. The number of hydrogen-bond acceptors (Lipinski definition) is 4. The molecule has 34 heavy (non-hydrogen) atoms. The van der Waals surface area contributed by atoms with Crippen LogP contribution < -0.4 is 15.5 Å². The largest absolute Gasteiger partial charge is 0.368 e. The maximum Gasteiger partial charge on any atom is 0.317 e. The zero-order valence-electron chi connectivity index (χ0n) is 19.9. The van der Waals surface area contributed by atoms with Crippen molar-refractivity contribution in [1.82, 2.24) is 15.1 Å². The van der Waals surface area contributed by atoms with E-state index in [2.05, 4.69) is 22.1 Å². The summed E-state index contributed by atoms with van der Waals surface area (Å²) in [5, 5.41) is 5.79. The number of nitrogens with one attached hydrogen (secondary N) is 2. The van der Waals surface area contributed by atoms with Crippen LogP contribution in [0.3, 0.4) is 0 Å². The Kier molecular flexibility index (Phi) is 8.67. The van der Waals surface area contributed by atoms with E-state index in [1.54, 1.807) is 30.3 Å². The molecule has 0 unspecified atom stereocenters. The van der Waals surface area contributed by atoms with Gasteiger partial charge in [-0.25, -0.2) is 4.79 Å². The van der Waals surface area contributed by atoms with Gasteiger partial charge in [-0.15, -0.1) is 6.58 Å². The monoisotopic (exact) mass is 463 g/mol. The molecule has 0 spiro atoms. The van der Waals surface area contributed by atoms with Gasteiger partial charge in [-0.1, -0.05) is 24.3 Å². The first-order valence-electron chi connectivity index (χ1n) is 11.5. The van der Waals surface area contributed by atoms with Crippen molar-refractivity contribution in [3.63, 3.8) is 0 Å². The summed E-state index contributed by atoms with van der Waals surface area (Å²) in [6.45, 7) is 10.6. The van der Waals surface area contributed by atoms with E-state index in [9.17, 15) is 14.4 Å². The highest BCUT2D eigenvalue weighted by atomic mass is 16.2. The molecule has 0 atom stereocenters. The number of hydrogen-bond donors (Lipinski definition) is 2. The number of carbonyl (C=O) groups excluding carboxylic acids is 3. The van der Waals surface area contributed by atoms with Crippen LogP contribution in [0, 0.1) is 0 Å². The van der Waals surface area contributed by atoms with E-state index in [0.29, 0.717) is 24.3 Å². The van der Waals surface area contributed by atoms with Crippen molar-refractivity contribution in [3.05, 3.63) is 72.8 Å². The molecule has 2 N–H and O–H groups in total. The van der Waals surface area contributed by atoms with Crippen molar-refractivity contribution in [2.45, 2.75) is 19.9 Å². The summed E-state index contributed by atoms with van der Waals surface area (Å²) in [6.07, 6.45) is 1.61. The molecule has 0 aliphatic carbocycles. The molecule has 1 saturated heterocycles. The standard InChI is InChI=1S/C26H33N5O3/c1-4-14-31(25(33)21-8-6-5-7-9-21)19-24(32)28-22-10-12-23(13-11-22)29-15-17-30(18-16-29)26(34)27-20(2)3/h4-13,20H,1,14-19H2,2-3H3,(H,27,34)(H,28,32). The zero-order valence-corrected chi connectivity index (χ0v) is 19.9. The van der Waals surface area contributed by atoms with Crippen LogP contribution in [0.15, 0.2) is 67.3 Å². The Morgan fingerprint density at radius 3 is 2.24 bits per heavy atom. The Labute approximate surface area is 201 Å². The number of benzene rings is 2. The Morgan fingerprint density at radius 1 is 1.00 bits per heavy atom. The van der Waals surface area contributed by atoms with E-state index >= 15 is 0 Å². The third-order valence-electron chi connectivity index (χ3n) is 5.49. The van der Waals surface area contributed by atoms with Gasteiger partial charge in [0.15, 0.2) is 0 Å². The predicted molar refractivity (Wildman–Crippen MR) is 135 cm³/mol. The molecule has 0 saturated carbocycles. The second-order valence-electron chi connectivity index (χ2n) is 8.51. The third kappa shape index (κ3) is 6.84. The molecule has 0 bridgehead atoms. The fourth-order valence-corrected chi connectivity index (χ4v) is 3.77. The minimum Gasteiger partial charge on any atom is -0.368 e. The molecule has 8 nitrogen and oxygen atoms in total. The summed E-state index contributed by atoms with van der Waals surface area (Å²) >= 11 is 0. The lowest BCUT2D eigenvalue weighted by Crippen LogP contribution is -2.52. The Balaban J connectivity index is 1.53. The number of carbonyl (C=O) groups is 3. The third-order valence-corrected chi connectivity index (χ3v) is 5.49. The smallest absolute Gasteiger partial charge is 0.317 e. The lowest BCUT2D eigenvalue weighted by molar-refractivity contribution is -0.116. The van der Waals surface area contributed by atoms with Gasteiger partial charge in [0.25, 0.3) is 5.91 Å². The van der Waals surface area contributed by atoms with Crippen molar-refractivity contribution >= 4 is 29.2 Å². The van der Waals surface area contributed by atoms with E-state index < -0.39 is 0 Å². The first-order valence-corrected chi connectivity index (χ1v) is 11.5. The van der Waals surface area contributed by atoms with Gasteiger partial charge in [0, 0.05) is 55.7 Å². The number of anilines is 2. The highest BCUT2D eigenvalue weighted by Crippen LogP contribution is 2.20. The zero-order chi connectivity index (χ0) is 24.5. The fourth-order valence-electron chi connectivity index (χ4n) is 3.77. The highest BCUT2D eigenvalue weighted by molar-refractivity contribution is 5.99. The summed E-state index contributed by atoms with van der Waals surface area (Å²) in [7, 11) is 0. The van der Waals surface area contributed by atoms with E-state index in [0.717, 1.165) is 18.8 Å². The van der Waals surface area contributed by atoms with Crippen molar-refractivity contribution in [3.8, 4) is 0 Å². The lowest BCUT2D eigenvalue weighted by atomic mass is 10.2. The van der Waals surface area contributed by atoms with Gasteiger partial charge in [-0.05, 0) is 50.2 Å². The maximum atomic E-state index is 12.7. The molecule has 1 aliphatic rings. The topological polar surface area (TPSA) is 85.0 Å². The summed E-state index contributed by atoms with van der Waals surface area (Å²) in [5.74, 6) is -0.490. The molecule has 3 rings (SSSR count). The summed E-state index contributed by atoms with van der Waals surface area (Å²) in [6, 6.07) is 16.6. The van der Waals surface area contributed by atoms with Crippen LogP contribution in [-0.4, -0.2) is 73.0 Å². The van der Waals surface area contributed by atoms with E-state index in [4.69, 9.17) is 0 Å². The minimum atomic E-state index is -0.274. The molecule has 1 aliphatic heterocycles. The van der Waals surface area contributed by atoms with E-state index in [1.807, 2.05) is 49.1 Å². The summed E-state index contributed by atoms with van der Waals surface area (Å²) in [5.41, 5.74) is 2.23. The molecular formula is C26H33N5O3. The average molecular weight is 464 g/mol. The fraction of sp³-hybridized carbons (Fsp3) is 0.346. The van der Waals surface area contributed by atoms with Crippen LogP contribution in [0.5, 0.6) is 0 Å². The Hall–Kier alpha value is -3.81. The molecule has 1 heterocycles. The second-order valence-corrected chi connectivity index (χ2v) is 8.51. The molecule has 8 heteroatoms. The van der Waals surface area contributed by atoms with Crippen molar-refractivity contribution < 1.29 is 14.4 Å². The average Bonchev–Trinajstić information content (AvgIpc) is 2.84. The molecule has 2 aromatic carbocycles. The van der Waals surface area contributed by atoms with E-state index in [1.165, 1.54) is 4.90 Å². The molecule has 4 amide bonds. The second kappa shape index (κ2) is 11.9. The number of nitrogens with zero attached hydrogens (tertiary/aromatic N) is 3. The molecule has 0 radical (unpaired) electrons. The molecule has 1 fully saturated rings. The number of rotatable bonds is 8. The Bertz CT molecular complexity index is 983. The highest BCUT2D eigenvalue weighted by Gasteiger charge is 2.22. The van der Waals surface area contributed by atoms with Gasteiger partial charge in [-0.3, -0.25) is 9.59 Å². The van der Waals surface area contributed by atoms with E-state index in [-0.39, 0.29) is 37.0 Å². The quantitative estimate of drug-likeness (QED) is 0.589. The van der Waals surface area contributed by atoms with Crippen molar-refractivity contribution in [2.24, 2.45) is 0 Å².